The Hall–Kier alpha value is -2.89. The fourth-order valence-electron chi connectivity index (χ4n) is 2.94. The predicted octanol–water partition coefficient (Wildman–Crippen LogP) is 4.52. The van der Waals surface area contributed by atoms with Crippen LogP contribution in [0.3, 0.4) is 0 Å². The summed E-state index contributed by atoms with van der Waals surface area (Å²) in [5.74, 6) is -0.252. The third-order valence-electron chi connectivity index (χ3n) is 4.13. The molecule has 0 saturated heterocycles. The number of ketones is 1. The second-order valence-corrected chi connectivity index (χ2v) is 7.15. The molecule has 4 nitrogen and oxygen atoms in total. The molecule has 0 saturated carbocycles. The fraction of sp³-hybridized carbons (Fsp3) is 0. The Morgan fingerprint density at radius 1 is 0.962 bits per heavy atom. The summed E-state index contributed by atoms with van der Waals surface area (Å²) < 4.78 is 1.57. The van der Waals surface area contributed by atoms with E-state index in [0.29, 0.717) is 31.4 Å². The molecule has 0 spiro atoms. The Balaban J connectivity index is 1.99. The molecule has 26 heavy (non-hydrogen) atoms. The molecule has 0 fully saturated rings. The highest BCUT2D eigenvalue weighted by atomic mass is 35.5. The van der Waals surface area contributed by atoms with Gasteiger partial charge in [0.2, 0.25) is 0 Å². The van der Waals surface area contributed by atoms with E-state index in [-0.39, 0.29) is 11.3 Å². The van der Waals surface area contributed by atoms with Crippen LogP contribution in [0.4, 0.5) is 5.00 Å². The molecular formula is C20H13ClN2O2S. The van der Waals surface area contributed by atoms with Gasteiger partial charge in [-0.05, 0) is 30.3 Å². The number of halogens is 1. The highest BCUT2D eigenvalue weighted by molar-refractivity contribution is 7.22. The van der Waals surface area contributed by atoms with Crippen LogP contribution >= 0.6 is 22.9 Å². The van der Waals surface area contributed by atoms with E-state index in [1.807, 2.05) is 30.3 Å². The van der Waals surface area contributed by atoms with Crippen LogP contribution in [-0.2, 0) is 0 Å². The molecule has 4 aromatic rings. The van der Waals surface area contributed by atoms with Crippen molar-refractivity contribution in [1.29, 1.82) is 0 Å². The van der Waals surface area contributed by atoms with Crippen LogP contribution in [0.5, 0.6) is 0 Å². The smallest absolute Gasteiger partial charge is 0.256 e. The van der Waals surface area contributed by atoms with E-state index in [0.717, 1.165) is 5.69 Å². The van der Waals surface area contributed by atoms with E-state index in [1.165, 1.54) is 17.4 Å². The van der Waals surface area contributed by atoms with Crippen molar-refractivity contribution >= 4 is 43.9 Å². The van der Waals surface area contributed by atoms with Crippen molar-refractivity contribution in [2.45, 2.75) is 0 Å². The number of carbonyl (C=O) groups is 1. The van der Waals surface area contributed by atoms with Crippen LogP contribution in [0.2, 0.25) is 5.02 Å². The SMILES string of the molecule is Nc1sc2c(ccc(=O)n2-c2ccccc2)c1C(=O)c1ccccc1Cl. The van der Waals surface area contributed by atoms with Gasteiger partial charge in [-0.1, -0.05) is 53.3 Å². The lowest BCUT2D eigenvalue weighted by Gasteiger charge is -2.07. The molecule has 0 aliphatic carbocycles. The average Bonchev–Trinajstić information content (AvgIpc) is 2.98. The predicted molar refractivity (Wildman–Crippen MR) is 107 cm³/mol. The molecule has 0 radical (unpaired) electrons. The second-order valence-electron chi connectivity index (χ2n) is 5.71. The fourth-order valence-corrected chi connectivity index (χ4v) is 4.24. The lowest BCUT2D eigenvalue weighted by atomic mass is 10.0. The van der Waals surface area contributed by atoms with Gasteiger partial charge in [0.05, 0.1) is 21.3 Å². The molecule has 0 aliphatic heterocycles. The first-order chi connectivity index (χ1) is 12.6. The number of hydrogen-bond donors (Lipinski definition) is 1. The van der Waals surface area contributed by atoms with Gasteiger partial charge in [0.1, 0.15) is 4.83 Å². The summed E-state index contributed by atoms with van der Waals surface area (Å²) in [6.07, 6.45) is 0. The topological polar surface area (TPSA) is 65.1 Å². The molecule has 0 atom stereocenters. The molecule has 2 N–H and O–H groups in total. The van der Waals surface area contributed by atoms with E-state index in [1.54, 1.807) is 34.9 Å². The van der Waals surface area contributed by atoms with Gasteiger partial charge in [-0.25, -0.2) is 0 Å². The summed E-state index contributed by atoms with van der Waals surface area (Å²) in [5, 5.41) is 1.37. The molecule has 0 unspecified atom stereocenters. The maximum atomic E-state index is 13.1. The number of pyridine rings is 1. The lowest BCUT2D eigenvalue weighted by molar-refractivity contribution is 0.104. The van der Waals surface area contributed by atoms with Crippen molar-refractivity contribution in [1.82, 2.24) is 4.57 Å². The molecule has 128 valence electrons. The summed E-state index contributed by atoms with van der Waals surface area (Å²) in [6, 6.07) is 19.2. The molecule has 4 rings (SSSR count). The number of para-hydroxylation sites is 1. The highest BCUT2D eigenvalue weighted by Crippen LogP contribution is 2.36. The zero-order valence-corrected chi connectivity index (χ0v) is 15.1. The zero-order valence-electron chi connectivity index (χ0n) is 13.5. The molecule has 2 aromatic heterocycles. The molecule has 0 amide bonds. The van der Waals surface area contributed by atoms with Crippen LogP contribution in [0.15, 0.2) is 71.5 Å². The van der Waals surface area contributed by atoms with E-state index < -0.39 is 0 Å². The minimum absolute atomic E-state index is 0.179. The number of carbonyl (C=O) groups excluding carboxylic acids is 1. The van der Waals surface area contributed by atoms with Gasteiger partial charge in [0, 0.05) is 17.0 Å². The standard InChI is InChI=1S/C20H13ClN2O2S/c21-15-9-5-4-8-13(15)18(25)17-14-10-11-16(24)23(20(14)26-19(17)22)12-6-2-1-3-7-12/h1-11H,22H2. The van der Waals surface area contributed by atoms with Crippen LogP contribution in [0.25, 0.3) is 15.9 Å². The molecule has 2 heterocycles. The first kappa shape index (κ1) is 16.6. The van der Waals surface area contributed by atoms with Crippen molar-refractivity contribution < 1.29 is 4.79 Å². The van der Waals surface area contributed by atoms with Crippen molar-refractivity contribution in [3.63, 3.8) is 0 Å². The maximum Gasteiger partial charge on any atom is 0.256 e. The Labute approximate surface area is 158 Å². The Morgan fingerprint density at radius 3 is 2.38 bits per heavy atom. The number of anilines is 1. The first-order valence-corrected chi connectivity index (χ1v) is 9.06. The molecule has 6 heteroatoms. The number of nitrogens with two attached hydrogens (primary N) is 1. The summed E-state index contributed by atoms with van der Waals surface area (Å²) in [7, 11) is 0. The number of benzene rings is 2. The van der Waals surface area contributed by atoms with Gasteiger partial charge in [0.25, 0.3) is 5.56 Å². The molecular weight excluding hydrogens is 368 g/mol. The summed E-state index contributed by atoms with van der Waals surface area (Å²) in [4.78, 5) is 26.2. The zero-order chi connectivity index (χ0) is 18.3. The van der Waals surface area contributed by atoms with Gasteiger partial charge in [-0.2, -0.15) is 0 Å². The summed E-state index contributed by atoms with van der Waals surface area (Å²) >= 11 is 7.40. The number of hydrogen-bond acceptors (Lipinski definition) is 4. The maximum absolute atomic E-state index is 13.1. The quantitative estimate of drug-likeness (QED) is 0.531. The minimum Gasteiger partial charge on any atom is -0.390 e. The average molecular weight is 381 g/mol. The third-order valence-corrected chi connectivity index (χ3v) is 5.48. The van der Waals surface area contributed by atoms with Gasteiger partial charge in [0.15, 0.2) is 5.78 Å². The van der Waals surface area contributed by atoms with Crippen molar-refractivity contribution in [3.05, 3.63) is 93.2 Å². The lowest BCUT2D eigenvalue weighted by Crippen LogP contribution is -2.16. The number of aromatic nitrogens is 1. The third kappa shape index (κ3) is 2.62. The van der Waals surface area contributed by atoms with Crippen molar-refractivity contribution in [2.75, 3.05) is 5.73 Å². The minimum atomic E-state index is -0.252. The second kappa shape index (κ2) is 6.44. The molecule has 0 aliphatic rings. The molecule has 0 bridgehead atoms. The van der Waals surface area contributed by atoms with E-state index in [2.05, 4.69) is 0 Å². The van der Waals surface area contributed by atoms with Crippen LogP contribution in [0, 0.1) is 0 Å². The normalized spacial score (nSPS) is 11.0. The van der Waals surface area contributed by atoms with Gasteiger partial charge < -0.3 is 5.73 Å². The van der Waals surface area contributed by atoms with Gasteiger partial charge >= 0.3 is 0 Å². The largest absolute Gasteiger partial charge is 0.390 e. The Kier molecular flexibility index (Phi) is 4.11. The Bertz CT molecular complexity index is 1200. The van der Waals surface area contributed by atoms with Crippen LogP contribution < -0.4 is 11.3 Å². The van der Waals surface area contributed by atoms with Crippen molar-refractivity contribution in [3.8, 4) is 5.69 Å². The van der Waals surface area contributed by atoms with E-state index >= 15 is 0 Å². The number of rotatable bonds is 3. The Morgan fingerprint density at radius 2 is 1.65 bits per heavy atom. The number of thiophene rings is 1. The van der Waals surface area contributed by atoms with Crippen molar-refractivity contribution in [2.24, 2.45) is 0 Å². The van der Waals surface area contributed by atoms with E-state index in [4.69, 9.17) is 17.3 Å². The highest BCUT2D eigenvalue weighted by Gasteiger charge is 2.22. The monoisotopic (exact) mass is 380 g/mol. The van der Waals surface area contributed by atoms with Gasteiger partial charge in [-0.15, -0.1) is 0 Å². The van der Waals surface area contributed by atoms with Crippen LogP contribution in [-0.4, -0.2) is 10.4 Å². The van der Waals surface area contributed by atoms with E-state index in [9.17, 15) is 9.59 Å². The van der Waals surface area contributed by atoms with Crippen LogP contribution in [0.1, 0.15) is 15.9 Å². The number of nitrogen functional groups attached to an aromatic ring is 1. The van der Waals surface area contributed by atoms with Gasteiger partial charge in [-0.3, -0.25) is 14.2 Å². The summed E-state index contributed by atoms with van der Waals surface area (Å²) in [5.41, 5.74) is 7.49. The number of fused-ring (bicyclic) bond motifs is 1. The first-order valence-electron chi connectivity index (χ1n) is 7.86. The summed E-state index contributed by atoms with van der Waals surface area (Å²) in [6.45, 7) is 0. The molecule has 2 aromatic carbocycles. The number of nitrogens with zero attached hydrogens (tertiary/aromatic N) is 1.